The van der Waals surface area contributed by atoms with Gasteiger partial charge < -0.3 is 14.8 Å². The molecule has 1 saturated heterocycles. The lowest BCUT2D eigenvalue weighted by Crippen LogP contribution is -2.49. The highest BCUT2D eigenvalue weighted by atomic mass is 19.4. The summed E-state index contributed by atoms with van der Waals surface area (Å²) >= 11 is 0. The van der Waals surface area contributed by atoms with Crippen LogP contribution in [0.15, 0.2) is 47.3 Å². The second-order valence-electron chi connectivity index (χ2n) is 8.43. The molecule has 9 heteroatoms. The largest absolute Gasteiger partial charge is 0.416 e. The molecule has 2 aromatic rings. The molecule has 1 aromatic heterocycles. The summed E-state index contributed by atoms with van der Waals surface area (Å²) in [6.07, 6.45) is -3.66. The predicted octanol–water partition coefficient (Wildman–Crippen LogP) is 2.91. The first-order valence-electron chi connectivity index (χ1n) is 10.6. The maximum absolute atomic E-state index is 13.1. The highest BCUT2D eigenvalue weighted by Crippen LogP contribution is 2.35. The number of pyridine rings is 1. The second kappa shape index (κ2) is 8.80. The van der Waals surface area contributed by atoms with Crippen molar-refractivity contribution in [2.45, 2.75) is 44.4 Å². The van der Waals surface area contributed by atoms with E-state index in [4.69, 9.17) is 0 Å². The van der Waals surface area contributed by atoms with Crippen LogP contribution in [0.3, 0.4) is 0 Å². The van der Waals surface area contributed by atoms with Gasteiger partial charge in [0.05, 0.1) is 5.56 Å². The van der Waals surface area contributed by atoms with Crippen molar-refractivity contribution in [2.24, 2.45) is 5.92 Å². The highest BCUT2D eigenvalue weighted by Gasteiger charge is 2.36. The summed E-state index contributed by atoms with van der Waals surface area (Å²) in [6, 6.07) is 10.3. The van der Waals surface area contributed by atoms with Gasteiger partial charge in [0.25, 0.3) is 5.56 Å². The van der Waals surface area contributed by atoms with E-state index in [1.165, 1.54) is 18.2 Å². The number of rotatable bonds is 5. The Morgan fingerprint density at radius 3 is 2.56 bits per heavy atom. The lowest BCUT2D eigenvalue weighted by Gasteiger charge is -2.42. The van der Waals surface area contributed by atoms with E-state index in [1.807, 2.05) is 6.07 Å². The number of halogens is 3. The van der Waals surface area contributed by atoms with Crippen LogP contribution < -0.4 is 10.9 Å². The minimum Gasteiger partial charge on any atom is -0.352 e. The number of likely N-dealkylation sites (tertiary alicyclic amines) is 1. The smallest absolute Gasteiger partial charge is 0.352 e. The fourth-order valence-electron chi connectivity index (χ4n) is 4.71. The number of hydrogen-bond acceptors (Lipinski definition) is 3. The third-order valence-corrected chi connectivity index (χ3v) is 6.20. The number of hydrogen-bond donors (Lipinski definition) is 1. The third-order valence-electron chi connectivity index (χ3n) is 6.20. The molecule has 0 spiro atoms. The molecule has 2 aliphatic rings. The second-order valence-corrected chi connectivity index (χ2v) is 8.43. The van der Waals surface area contributed by atoms with Crippen molar-refractivity contribution in [1.82, 2.24) is 14.8 Å². The van der Waals surface area contributed by atoms with E-state index in [0.717, 1.165) is 18.2 Å². The lowest BCUT2D eigenvalue weighted by molar-refractivity contribution is -0.138. The van der Waals surface area contributed by atoms with Gasteiger partial charge in [-0.15, -0.1) is 0 Å². The van der Waals surface area contributed by atoms with E-state index in [2.05, 4.69) is 5.32 Å². The summed E-state index contributed by atoms with van der Waals surface area (Å²) in [6.45, 7) is 1.37. The van der Waals surface area contributed by atoms with Crippen LogP contribution in [-0.2, 0) is 28.9 Å². The van der Waals surface area contributed by atoms with Crippen LogP contribution >= 0.6 is 0 Å². The first-order valence-corrected chi connectivity index (χ1v) is 10.6. The zero-order chi connectivity index (χ0) is 22.9. The monoisotopic (exact) mass is 447 g/mol. The Morgan fingerprint density at radius 1 is 1.00 bits per heavy atom. The van der Waals surface area contributed by atoms with Gasteiger partial charge in [-0.25, -0.2) is 0 Å². The summed E-state index contributed by atoms with van der Waals surface area (Å²) in [4.78, 5) is 38.7. The summed E-state index contributed by atoms with van der Waals surface area (Å²) in [5.74, 6) is -0.340. The van der Waals surface area contributed by atoms with Gasteiger partial charge in [-0.1, -0.05) is 24.3 Å². The van der Waals surface area contributed by atoms with Crippen molar-refractivity contribution in [1.29, 1.82) is 0 Å². The number of fused-ring (bicyclic) bond motifs is 4. The van der Waals surface area contributed by atoms with E-state index in [1.54, 1.807) is 21.6 Å². The quantitative estimate of drug-likeness (QED) is 0.766. The number of aromatic nitrogens is 1. The molecule has 0 aliphatic carbocycles. The number of carbonyl (C=O) groups is 2. The molecule has 6 nitrogen and oxygen atoms in total. The van der Waals surface area contributed by atoms with Gasteiger partial charge >= 0.3 is 6.18 Å². The Kier molecular flexibility index (Phi) is 6.08. The minimum atomic E-state index is -4.49. The number of carbonyl (C=O) groups excluding carboxylic acids is 2. The molecular formula is C23H24F3N3O3. The van der Waals surface area contributed by atoms with Crippen LogP contribution in [0.25, 0.3) is 0 Å². The van der Waals surface area contributed by atoms with Gasteiger partial charge in [-0.3, -0.25) is 14.4 Å². The topological polar surface area (TPSA) is 71.4 Å². The molecule has 32 heavy (non-hydrogen) atoms. The van der Waals surface area contributed by atoms with Crippen molar-refractivity contribution in [3.63, 3.8) is 0 Å². The fourth-order valence-corrected chi connectivity index (χ4v) is 4.71. The number of piperidine rings is 1. The van der Waals surface area contributed by atoms with Gasteiger partial charge in [0.15, 0.2) is 0 Å². The van der Waals surface area contributed by atoms with Gasteiger partial charge in [0.2, 0.25) is 11.8 Å². The number of nitrogens with one attached hydrogen (secondary N) is 1. The SMILES string of the molecule is O=C(CCC(=O)N1C[C@H]2C[C@H](C1)c1cccc(=O)n1C2)NCc1ccccc1C(F)(F)F. The molecule has 0 saturated carbocycles. The Balaban J connectivity index is 1.30. The van der Waals surface area contributed by atoms with Crippen LogP contribution in [0.4, 0.5) is 13.2 Å². The summed E-state index contributed by atoms with van der Waals surface area (Å²) in [7, 11) is 0. The molecule has 170 valence electrons. The first kappa shape index (κ1) is 22.1. The van der Waals surface area contributed by atoms with E-state index >= 15 is 0 Å². The summed E-state index contributed by atoms with van der Waals surface area (Å²) < 4.78 is 41.0. The number of benzene rings is 1. The average molecular weight is 447 g/mol. The van der Waals surface area contributed by atoms with E-state index < -0.39 is 17.6 Å². The molecule has 2 bridgehead atoms. The number of amides is 2. The maximum Gasteiger partial charge on any atom is 0.416 e. The van der Waals surface area contributed by atoms with E-state index in [-0.39, 0.29) is 48.3 Å². The zero-order valence-electron chi connectivity index (χ0n) is 17.4. The molecular weight excluding hydrogens is 423 g/mol. The molecule has 2 aliphatic heterocycles. The molecule has 1 fully saturated rings. The van der Waals surface area contributed by atoms with Crippen molar-refractivity contribution in [3.05, 3.63) is 69.6 Å². The standard InChI is InChI=1S/C23H24F3N3O3/c24-23(25,26)18-5-2-1-4-16(18)11-27-20(30)8-9-21(31)28-12-15-10-17(14-28)19-6-3-7-22(32)29(19)13-15/h1-7,15,17H,8-14H2,(H,27,30)/t15-,17-/m1/s1. The highest BCUT2D eigenvalue weighted by molar-refractivity contribution is 5.83. The van der Waals surface area contributed by atoms with Crippen LogP contribution in [0, 0.1) is 5.92 Å². The Hall–Kier alpha value is -3.10. The van der Waals surface area contributed by atoms with Crippen molar-refractivity contribution >= 4 is 11.8 Å². The van der Waals surface area contributed by atoms with Gasteiger partial charge in [-0.2, -0.15) is 13.2 Å². The normalized spacial score (nSPS) is 19.9. The molecule has 0 radical (unpaired) electrons. The fraction of sp³-hybridized carbons (Fsp3) is 0.435. The summed E-state index contributed by atoms with van der Waals surface area (Å²) in [5, 5.41) is 2.48. The molecule has 1 aromatic carbocycles. The van der Waals surface area contributed by atoms with Crippen LogP contribution in [0.1, 0.15) is 42.0 Å². The lowest BCUT2D eigenvalue weighted by atomic mass is 9.83. The van der Waals surface area contributed by atoms with Crippen molar-refractivity contribution < 1.29 is 22.8 Å². The number of alkyl halides is 3. The van der Waals surface area contributed by atoms with Gasteiger partial charge in [0.1, 0.15) is 0 Å². The van der Waals surface area contributed by atoms with Crippen LogP contribution in [0.2, 0.25) is 0 Å². The van der Waals surface area contributed by atoms with Crippen molar-refractivity contribution in [3.8, 4) is 0 Å². The molecule has 4 rings (SSSR count). The number of nitrogens with zero attached hydrogens (tertiary/aromatic N) is 2. The van der Waals surface area contributed by atoms with Gasteiger partial charge in [-0.05, 0) is 30.0 Å². The third kappa shape index (κ3) is 4.71. The minimum absolute atomic E-state index is 0.00616. The maximum atomic E-state index is 13.1. The molecule has 2 atom stereocenters. The molecule has 2 amide bonds. The Bertz CT molecular complexity index is 1080. The van der Waals surface area contributed by atoms with E-state index in [0.29, 0.717) is 19.6 Å². The zero-order valence-corrected chi connectivity index (χ0v) is 17.4. The van der Waals surface area contributed by atoms with Gasteiger partial charge in [0, 0.05) is 56.7 Å². The molecule has 3 heterocycles. The Labute approximate surface area is 183 Å². The molecule has 0 unspecified atom stereocenters. The summed E-state index contributed by atoms with van der Waals surface area (Å²) in [5.41, 5.74) is 0.112. The Morgan fingerprint density at radius 2 is 1.78 bits per heavy atom. The van der Waals surface area contributed by atoms with Crippen LogP contribution in [0.5, 0.6) is 0 Å². The van der Waals surface area contributed by atoms with Crippen LogP contribution in [-0.4, -0.2) is 34.4 Å². The van der Waals surface area contributed by atoms with Crippen molar-refractivity contribution in [2.75, 3.05) is 13.1 Å². The molecule has 1 N–H and O–H groups in total. The predicted molar refractivity (Wildman–Crippen MR) is 111 cm³/mol. The first-order chi connectivity index (χ1) is 15.2. The average Bonchev–Trinajstić information content (AvgIpc) is 2.76. The van der Waals surface area contributed by atoms with E-state index in [9.17, 15) is 27.6 Å².